The van der Waals surface area contributed by atoms with Crippen LogP contribution in [0.4, 0.5) is 0 Å². The summed E-state index contributed by atoms with van der Waals surface area (Å²) in [5.74, 6) is 3.38. The van der Waals surface area contributed by atoms with Crippen LogP contribution < -0.4 is 10.6 Å². The summed E-state index contributed by atoms with van der Waals surface area (Å²) in [4.78, 5) is 11.8. The molecule has 92 valence electrons. The van der Waals surface area contributed by atoms with Crippen molar-refractivity contribution in [3.63, 3.8) is 0 Å². The van der Waals surface area contributed by atoms with Gasteiger partial charge >= 0.3 is 0 Å². The Bertz CT molecular complexity index is 201. The second kappa shape index (κ2) is 6.50. The van der Waals surface area contributed by atoms with E-state index >= 15 is 0 Å². The average molecular weight is 242 g/mol. The van der Waals surface area contributed by atoms with E-state index in [1.165, 1.54) is 30.8 Å². The molecule has 0 aromatic carbocycles. The van der Waals surface area contributed by atoms with E-state index in [0.29, 0.717) is 12.0 Å². The van der Waals surface area contributed by atoms with Gasteiger partial charge in [0.15, 0.2) is 0 Å². The van der Waals surface area contributed by atoms with Crippen molar-refractivity contribution in [3.05, 3.63) is 0 Å². The molecular formula is C12H22N2OS. The number of carbonyl (C=O) groups is 1. The molecule has 2 heterocycles. The normalized spacial score (nSPS) is 27.6. The second-order valence-corrected chi connectivity index (χ2v) is 6.10. The summed E-state index contributed by atoms with van der Waals surface area (Å²) in [6.07, 6.45) is 5.52. The Hall–Kier alpha value is -0.220. The number of hydrogen-bond donors (Lipinski definition) is 2. The molecule has 3 nitrogen and oxygen atoms in total. The van der Waals surface area contributed by atoms with Gasteiger partial charge in [-0.1, -0.05) is 0 Å². The number of carbonyl (C=O) groups excluding carboxylic acids is 1. The first-order valence-corrected chi connectivity index (χ1v) is 7.58. The molecule has 2 aliphatic rings. The third kappa shape index (κ3) is 3.98. The molecule has 2 rings (SSSR count). The van der Waals surface area contributed by atoms with Gasteiger partial charge in [-0.25, -0.2) is 0 Å². The van der Waals surface area contributed by atoms with Gasteiger partial charge in [0, 0.05) is 19.0 Å². The van der Waals surface area contributed by atoms with Crippen LogP contribution in [-0.4, -0.2) is 36.5 Å². The molecule has 0 aliphatic carbocycles. The summed E-state index contributed by atoms with van der Waals surface area (Å²) >= 11 is 2.02. The van der Waals surface area contributed by atoms with Gasteiger partial charge in [-0.15, -0.1) is 0 Å². The van der Waals surface area contributed by atoms with E-state index in [-0.39, 0.29) is 5.91 Å². The maximum Gasteiger partial charge on any atom is 0.220 e. The molecule has 0 aromatic rings. The van der Waals surface area contributed by atoms with Crippen molar-refractivity contribution in [2.24, 2.45) is 5.92 Å². The van der Waals surface area contributed by atoms with Crippen LogP contribution in [-0.2, 0) is 4.79 Å². The van der Waals surface area contributed by atoms with Crippen molar-refractivity contribution in [1.29, 1.82) is 0 Å². The van der Waals surface area contributed by atoms with Gasteiger partial charge in [-0.3, -0.25) is 4.79 Å². The Morgan fingerprint density at radius 3 is 2.81 bits per heavy atom. The smallest absolute Gasteiger partial charge is 0.220 e. The van der Waals surface area contributed by atoms with Crippen molar-refractivity contribution < 1.29 is 4.79 Å². The second-order valence-electron chi connectivity index (χ2n) is 4.87. The van der Waals surface area contributed by atoms with Crippen molar-refractivity contribution in [1.82, 2.24) is 10.6 Å². The van der Waals surface area contributed by atoms with Crippen LogP contribution in [0, 0.1) is 5.92 Å². The molecule has 2 aliphatic heterocycles. The van der Waals surface area contributed by atoms with E-state index in [4.69, 9.17) is 0 Å². The molecule has 16 heavy (non-hydrogen) atoms. The molecule has 0 bridgehead atoms. The zero-order valence-corrected chi connectivity index (χ0v) is 10.7. The van der Waals surface area contributed by atoms with E-state index in [1.54, 1.807) is 0 Å². The minimum absolute atomic E-state index is 0.269. The van der Waals surface area contributed by atoms with E-state index in [2.05, 4.69) is 10.6 Å². The van der Waals surface area contributed by atoms with Crippen molar-refractivity contribution in [2.75, 3.05) is 24.6 Å². The summed E-state index contributed by atoms with van der Waals surface area (Å²) in [5, 5.41) is 6.48. The monoisotopic (exact) mass is 242 g/mol. The van der Waals surface area contributed by atoms with Crippen LogP contribution in [0.3, 0.4) is 0 Å². The zero-order valence-electron chi connectivity index (χ0n) is 9.84. The summed E-state index contributed by atoms with van der Waals surface area (Å²) in [6.45, 7) is 2.05. The Kier molecular flexibility index (Phi) is 4.97. The quantitative estimate of drug-likeness (QED) is 0.786. The minimum Gasteiger partial charge on any atom is -0.352 e. The number of hydrogen-bond acceptors (Lipinski definition) is 3. The first kappa shape index (κ1) is 12.2. The molecule has 0 aromatic heterocycles. The van der Waals surface area contributed by atoms with Gasteiger partial charge in [0.2, 0.25) is 5.91 Å². The third-order valence-corrected chi connectivity index (χ3v) is 4.53. The lowest BCUT2D eigenvalue weighted by Gasteiger charge is -2.26. The standard InChI is InChI=1S/C12H22N2OS/c15-12(8-10-3-6-16-7-4-10)14-11-2-1-5-13-9-11/h10-11,13H,1-9H2,(H,14,15)/t11-/m0/s1. The maximum atomic E-state index is 11.8. The third-order valence-electron chi connectivity index (χ3n) is 3.48. The van der Waals surface area contributed by atoms with Gasteiger partial charge < -0.3 is 10.6 Å². The van der Waals surface area contributed by atoms with Gasteiger partial charge in [-0.05, 0) is 49.7 Å². The number of amides is 1. The minimum atomic E-state index is 0.269. The van der Waals surface area contributed by atoms with Crippen molar-refractivity contribution in [3.8, 4) is 0 Å². The Morgan fingerprint density at radius 1 is 1.31 bits per heavy atom. The molecule has 0 spiro atoms. The molecule has 2 N–H and O–H groups in total. The number of nitrogens with one attached hydrogen (secondary N) is 2. The van der Waals surface area contributed by atoms with Gasteiger partial charge in [0.25, 0.3) is 0 Å². The number of thioether (sulfide) groups is 1. The van der Waals surface area contributed by atoms with Gasteiger partial charge in [0.1, 0.15) is 0 Å². The SMILES string of the molecule is O=C(CC1CCSCC1)N[C@H]1CCCNC1. The fourth-order valence-electron chi connectivity index (χ4n) is 2.47. The van der Waals surface area contributed by atoms with Crippen LogP contribution in [0.2, 0.25) is 0 Å². The highest BCUT2D eigenvalue weighted by Gasteiger charge is 2.20. The number of piperidine rings is 1. The Morgan fingerprint density at radius 2 is 2.12 bits per heavy atom. The lowest BCUT2D eigenvalue weighted by molar-refractivity contribution is -0.122. The number of rotatable bonds is 3. The van der Waals surface area contributed by atoms with Gasteiger partial charge in [-0.2, -0.15) is 11.8 Å². The molecule has 0 unspecified atom stereocenters. The summed E-state index contributed by atoms with van der Waals surface area (Å²) in [6, 6.07) is 0.374. The highest BCUT2D eigenvalue weighted by Crippen LogP contribution is 2.25. The fourth-order valence-corrected chi connectivity index (χ4v) is 3.68. The van der Waals surface area contributed by atoms with E-state index in [9.17, 15) is 4.79 Å². The lowest BCUT2D eigenvalue weighted by atomic mass is 9.98. The first-order chi connectivity index (χ1) is 7.84. The molecule has 1 atom stereocenters. The highest BCUT2D eigenvalue weighted by atomic mass is 32.2. The Balaban J connectivity index is 1.66. The molecule has 0 saturated carbocycles. The maximum absolute atomic E-state index is 11.8. The predicted molar refractivity (Wildman–Crippen MR) is 68.7 cm³/mol. The van der Waals surface area contributed by atoms with E-state index in [0.717, 1.165) is 25.9 Å². The van der Waals surface area contributed by atoms with Crippen molar-refractivity contribution in [2.45, 2.75) is 38.1 Å². The van der Waals surface area contributed by atoms with E-state index < -0.39 is 0 Å². The lowest BCUT2D eigenvalue weighted by Crippen LogP contribution is -2.46. The topological polar surface area (TPSA) is 41.1 Å². The van der Waals surface area contributed by atoms with E-state index in [1.807, 2.05) is 11.8 Å². The van der Waals surface area contributed by atoms with Crippen LogP contribution in [0.25, 0.3) is 0 Å². The van der Waals surface area contributed by atoms with Crippen molar-refractivity contribution >= 4 is 17.7 Å². The molecule has 4 heteroatoms. The fraction of sp³-hybridized carbons (Fsp3) is 0.917. The molecular weight excluding hydrogens is 220 g/mol. The van der Waals surface area contributed by atoms with Crippen LogP contribution >= 0.6 is 11.8 Å². The summed E-state index contributed by atoms with van der Waals surface area (Å²) < 4.78 is 0. The molecule has 2 saturated heterocycles. The van der Waals surface area contributed by atoms with Crippen LogP contribution in [0.15, 0.2) is 0 Å². The molecule has 1 amide bonds. The summed E-state index contributed by atoms with van der Waals surface area (Å²) in [7, 11) is 0. The molecule has 0 radical (unpaired) electrons. The molecule has 2 fully saturated rings. The van der Waals surface area contributed by atoms with Crippen LogP contribution in [0.5, 0.6) is 0 Å². The summed E-state index contributed by atoms with van der Waals surface area (Å²) in [5.41, 5.74) is 0. The predicted octanol–water partition coefficient (Wildman–Crippen LogP) is 1.39. The Labute approximate surface area is 102 Å². The van der Waals surface area contributed by atoms with Crippen LogP contribution in [0.1, 0.15) is 32.1 Å². The highest BCUT2D eigenvalue weighted by molar-refractivity contribution is 7.99. The first-order valence-electron chi connectivity index (χ1n) is 6.42. The average Bonchev–Trinajstić information content (AvgIpc) is 2.31. The zero-order chi connectivity index (χ0) is 11.2. The van der Waals surface area contributed by atoms with Gasteiger partial charge in [0.05, 0.1) is 0 Å². The largest absolute Gasteiger partial charge is 0.352 e.